The lowest BCUT2D eigenvalue weighted by Crippen LogP contribution is -2.35. The van der Waals surface area contributed by atoms with E-state index in [1.165, 1.54) is 6.08 Å². The first-order chi connectivity index (χ1) is 14.4. The van der Waals surface area contributed by atoms with Crippen LogP contribution in [0.3, 0.4) is 0 Å². The Kier molecular flexibility index (Phi) is 7.12. The summed E-state index contributed by atoms with van der Waals surface area (Å²) in [6.07, 6.45) is 2.98. The molecule has 0 unspecified atom stereocenters. The molecule has 0 saturated carbocycles. The molecular formula is C24H27NO5. The molecule has 0 bridgehead atoms. The predicted molar refractivity (Wildman–Crippen MR) is 114 cm³/mol. The Bertz CT molecular complexity index is 918. The van der Waals surface area contributed by atoms with Crippen LogP contribution in [0.4, 0.5) is 0 Å². The fourth-order valence-corrected chi connectivity index (χ4v) is 3.13. The van der Waals surface area contributed by atoms with Crippen molar-refractivity contribution in [2.75, 3.05) is 19.8 Å². The van der Waals surface area contributed by atoms with E-state index in [2.05, 4.69) is 5.32 Å². The van der Waals surface area contributed by atoms with Crippen molar-refractivity contribution in [2.45, 2.75) is 26.8 Å². The van der Waals surface area contributed by atoms with E-state index in [9.17, 15) is 9.59 Å². The Labute approximate surface area is 176 Å². The maximum atomic E-state index is 12.4. The number of hydrogen-bond acceptors (Lipinski definition) is 5. The number of aryl methyl sites for hydroxylation is 1. The third kappa shape index (κ3) is 5.86. The second kappa shape index (κ2) is 9.96. The van der Waals surface area contributed by atoms with Crippen molar-refractivity contribution in [1.29, 1.82) is 0 Å². The topological polar surface area (TPSA) is 73.9 Å². The number of carbonyl (C=O) groups is 2. The lowest BCUT2D eigenvalue weighted by atomic mass is 9.95. The highest BCUT2D eigenvalue weighted by atomic mass is 16.6. The molecule has 1 amide bonds. The van der Waals surface area contributed by atoms with E-state index in [0.717, 1.165) is 16.7 Å². The summed E-state index contributed by atoms with van der Waals surface area (Å²) in [5.41, 5.74) is 2.94. The molecule has 30 heavy (non-hydrogen) atoms. The highest BCUT2D eigenvalue weighted by Crippen LogP contribution is 2.34. The molecule has 158 valence electrons. The SMILES string of the molecule is Cc1ccc(/C=C/C(=O)OCC(=O)N[C@@H](c2ccc3c(c2)OCCO3)C(C)C)cc1. The van der Waals surface area contributed by atoms with Gasteiger partial charge in [-0.25, -0.2) is 4.79 Å². The summed E-state index contributed by atoms with van der Waals surface area (Å²) in [7, 11) is 0. The molecule has 3 rings (SSSR count). The molecule has 0 aromatic heterocycles. The van der Waals surface area contributed by atoms with Gasteiger partial charge in [0.1, 0.15) is 13.2 Å². The highest BCUT2D eigenvalue weighted by Gasteiger charge is 2.21. The molecule has 0 aliphatic carbocycles. The maximum absolute atomic E-state index is 12.4. The minimum absolute atomic E-state index is 0.133. The third-order valence-electron chi connectivity index (χ3n) is 4.74. The van der Waals surface area contributed by atoms with Gasteiger partial charge in [0.25, 0.3) is 5.91 Å². The molecule has 2 aromatic carbocycles. The van der Waals surface area contributed by atoms with E-state index in [-0.39, 0.29) is 24.5 Å². The summed E-state index contributed by atoms with van der Waals surface area (Å²) >= 11 is 0. The van der Waals surface area contributed by atoms with Gasteiger partial charge in [-0.1, -0.05) is 49.7 Å². The average Bonchev–Trinajstić information content (AvgIpc) is 2.75. The zero-order valence-corrected chi connectivity index (χ0v) is 17.5. The zero-order valence-electron chi connectivity index (χ0n) is 17.5. The van der Waals surface area contributed by atoms with Crippen molar-refractivity contribution in [3.05, 3.63) is 65.2 Å². The summed E-state index contributed by atoms with van der Waals surface area (Å²) in [6, 6.07) is 13.1. The average molecular weight is 409 g/mol. The standard InChI is InChI=1S/C24H27NO5/c1-16(2)24(19-9-10-20-21(14-19)29-13-12-28-20)25-22(26)15-30-23(27)11-8-18-6-4-17(3)5-7-18/h4-11,14,16,24H,12-13,15H2,1-3H3,(H,25,26)/b11-8+/t24-/m1/s1. The molecule has 6 nitrogen and oxygen atoms in total. The summed E-state index contributed by atoms with van der Waals surface area (Å²) in [4.78, 5) is 24.3. The van der Waals surface area contributed by atoms with Gasteiger partial charge in [-0.15, -0.1) is 0 Å². The Hall–Kier alpha value is -3.28. The number of rotatable bonds is 7. The molecule has 0 saturated heterocycles. The second-order valence-electron chi connectivity index (χ2n) is 7.54. The molecule has 0 spiro atoms. The molecule has 1 N–H and O–H groups in total. The maximum Gasteiger partial charge on any atom is 0.331 e. The monoisotopic (exact) mass is 409 g/mol. The first-order valence-electron chi connectivity index (χ1n) is 10.0. The number of esters is 1. The van der Waals surface area contributed by atoms with E-state index in [1.54, 1.807) is 6.08 Å². The van der Waals surface area contributed by atoms with Crippen LogP contribution >= 0.6 is 0 Å². The fraction of sp³-hybridized carbons (Fsp3) is 0.333. The minimum Gasteiger partial charge on any atom is -0.486 e. The second-order valence-corrected chi connectivity index (χ2v) is 7.54. The van der Waals surface area contributed by atoms with Crippen LogP contribution in [-0.2, 0) is 14.3 Å². The number of ether oxygens (including phenoxy) is 3. The van der Waals surface area contributed by atoms with Gasteiger partial charge < -0.3 is 19.5 Å². The van der Waals surface area contributed by atoms with Gasteiger partial charge in [0.2, 0.25) is 0 Å². The molecule has 0 radical (unpaired) electrons. The first-order valence-corrected chi connectivity index (χ1v) is 10.0. The van der Waals surface area contributed by atoms with Gasteiger partial charge in [0.05, 0.1) is 6.04 Å². The Balaban J connectivity index is 1.55. The van der Waals surface area contributed by atoms with Crippen molar-refractivity contribution in [1.82, 2.24) is 5.32 Å². The van der Waals surface area contributed by atoms with E-state index in [4.69, 9.17) is 14.2 Å². The summed E-state index contributed by atoms with van der Waals surface area (Å²) in [5, 5.41) is 2.94. The molecule has 1 heterocycles. The van der Waals surface area contributed by atoms with Gasteiger partial charge in [-0.05, 0) is 42.2 Å². The van der Waals surface area contributed by atoms with Gasteiger partial charge in [-0.2, -0.15) is 0 Å². The first kappa shape index (κ1) is 21.4. The van der Waals surface area contributed by atoms with E-state index < -0.39 is 5.97 Å². The molecule has 1 aliphatic rings. The Morgan fingerprint density at radius 2 is 1.77 bits per heavy atom. The van der Waals surface area contributed by atoms with Gasteiger partial charge in [-0.3, -0.25) is 4.79 Å². The molecule has 1 aliphatic heterocycles. The number of amides is 1. The lowest BCUT2D eigenvalue weighted by molar-refractivity contribution is -0.144. The van der Waals surface area contributed by atoms with Crippen molar-refractivity contribution in [3.63, 3.8) is 0 Å². The van der Waals surface area contributed by atoms with E-state index in [0.29, 0.717) is 24.7 Å². The fourth-order valence-electron chi connectivity index (χ4n) is 3.13. The van der Waals surface area contributed by atoms with Crippen LogP contribution in [0.1, 0.15) is 36.6 Å². The van der Waals surface area contributed by atoms with Crippen LogP contribution in [0, 0.1) is 12.8 Å². The normalized spacial score (nSPS) is 13.9. The number of nitrogens with one attached hydrogen (secondary N) is 1. The molecule has 0 fully saturated rings. The molecule has 2 aromatic rings. The number of carbonyl (C=O) groups excluding carboxylic acids is 2. The van der Waals surface area contributed by atoms with Crippen molar-refractivity contribution in [2.24, 2.45) is 5.92 Å². The third-order valence-corrected chi connectivity index (χ3v) is 4.74. The van der Waals surface area contributed by atoms with Gasteiger partial charge in [0, 0.05) is 6.08 Å². The van der Waals surface area contributed by atoms with Crippen LogP contribution in [-0.4, -0.2) is 31.7 Å². The van der Waals surface area contributed by atoms with Crippen molar-refractivity contribution >= 4 is 18.0 Å². The summed E-state index contributed by atoms with van der Waals surface area (Å²) in [6.45, 7) is 6.71. The van der Waals surface area contributed by atoms with Gasteiger partial charge >= 0.3 is 5.97 Å². The van der Waals surface area contributed by atoms with Crippen LogP contribution in [0.5, 0.6) is 11.5 Å². The molecular weight excluding hydrogens is 382 g/mol. The van der Waals surface area contributed by atoms with Crippen molar-refractivity contribution in [3.8, 4) is 11.5 Å². The van der Waals surface area contributed by atoms with Crippen LogP contribution < -0.4 is 14.8 Å². The minimum atomic E-state index is -0.564. The van der Waals surface area contributed by atoms with Crippen LogP contribution in [0.15, 0.2) is 48.5 Å². The quantitative estimate of drug-likeness (QED) is 0.556. The zero-order chi connectivity index (χ0) is 21.5. The largest absolute Gasteiger partial charge is 0.486 e. The van der Waals surface area contributed by atoms with Gasteiger partial charge in [0.15, 0.2) is 18.1 Å². The Morgan fingerprint density at radius 1 is 1.07 bits per heavy atom. The van der Waals surface area contributed by atoms with E-state index >= 15 is 0 Å². The summed E-state index contributed by atoms with van der Waals surface area (Å²) < 4.78 is 16.3. The number of hydrogen-bond donors (Lipinski definition) is 1. The number of benzene rings is 2. The lowest BCUT2D eigenvalue weighted by Gasteiger charge is -2.25. The predicted octanol–water partition coefficient (Wildman–Crippen LogP) is 3.84. The highest BCUT2D eigenvalue weighted by molar-refractivity contribution is 5.89. The molecule has 1 atom stereocenters. The van der Waals surface area contributed by atoms with E-state index in [1.807, 2.05) is 63.2 Å². The molecule has 6 heteroatoms. The summed E-state index contributed by atoms with van der Waals surface area (Å²) in [5.74, 6) is 0.583. The number of fused-ring (bicyclic) bond motifs is 1. The smallest absolute Gasteiger partial charge is 0.331 e. The van der Waals surface area contributed by atoms with Crippen LogP contribution in [0.2, 0.25) is 0 Å². The Morgan fingerprint density at radius 3 is 2.47 bits per heavy atom. The van der Waals surface area contributed by atoms with Crippen LogP contribution in [0.25, 0.3) is 6.08 Å². The van der Waals surface area contributed by atoms with Crippen molar-refractivity contribution < 1.29 is 23.8 Å².